The van der Waals surface area contributed by atoms with Gasteiger partial charge in [0.25, 0.3) is 0 Å². The normalized spacial score (nSPS) is 21.0. The number of rotatable bonds is 4. The van der Waals surface area contributed by atoms with E-state index in [0.29, 0.717) is 6.10 Å². The molecular formula is C10H15NO2. The maximum atomic E-state index is 5.23. The molecule has 0 aliphatic carbocycles. The zero-order valence-corrected chi connectivity index (χ0v) is 8.12. The molecule has 1 aliphatic heterocycles. The average molecular weight is 181 g/mol. The number of likely N-dealkylation sites (N-methyl/N-ethyl adjacent to an activating group) is 1. The zero-order chi connectivity index (χ0) is 9.26. The van der Waals surface area contributed by atoms with E-state index in [-0.39, 0.29) is 0 Å². The van der Waals surface area contributed by atoms with Crippen molar-refractivity contribution in [2.45, 2.75) is 19.6 Å². The van der Waals surface area contributed by atoms with Crippen LogP contribution in [0.3, 0.4) is 0 Å². The highest BCUT2D eigenvalue weighted by molar-refractivity contribution is 5.15. The molecule has 13 heavy (non-hydrogen) atoms. The molecule has 0 saturated carbocycles. The van der Waals surface area contributed by atoms with Crippen LogP contribution in [0.1, 0.15) is 11.3 Å². The third kappa shape index (κ3) is 2.32. The molecule has 1 unspecified atom stereocenters. The monoisotopic (exact) mass is 181 g/mol. The van der Waals surface area contributed by atoms with Crippen LogP contribution in [0, 0.1) is 6.92 Å². The van der Waals surface area contributed by atoms with E-state index in [0.717, 1.165) is 25.5 Å². The fraction of sp³-hybridized carbons (Fsp3) is 0.600. The van der Waals surface area contributed by atoms with Crippen LogP contribution >= 0.6 is 0 Å². The van der Waals surface area contributed by atoms with E-state index in [4.69, 9.17) is 9.15 Å². The van der Waals surface area contributed by atoms with Crippen LogP contribution < -0.4 is 0 Å². The second kappa shape index (κ2) is 3.52. The van der Waals surface area contributed by atoms with Gasteiger partial charge in [-0.15, -0.1) is 0 Å². The van der Waals surface area contributed by atoms with Crippen molar-refractivity contribution < 1.29 is 9.15 Å². The van der Waals surface area contributed by atoms with E-state index in [9.17, 15) is 0 Å². The molecule has 0 bridgehead atoms. The van der Waals surface area contributed by atoms with Gasteiger partial charge in [0, 0.05) is 18.7 Å². The largest absolute Gasteiger partial charge is 0.469 e. The Bertz CT molecular complexity index is 278. The van der Waals surface area contributed by atoms with Crippen LogP contribution in [0.4, 0.5) is 0 Å². The summed E-state index contributed by atoms with van der Waals surface area (Å²) in [4.78, 5) is 2.26. The molecule has 0 spiro atoms. The van der Waals surface area contributed by atoms with Crippen molar-refractivity contribution in [2.24, 2.45) is 0 Å². The van der Waals surface area contributed by atoms with Crippen LogP contribution in [0.2, 0.25) is 0 Å². The molecule has 1 fully saturated rings. The molecule has 2 rings (SSSR count). The van der Waals surface area contributed by atoms with Crippen molar-refractivity contribution in [1.82, 2.24) is 4.90 Å². The van der Waals surface area contributed by atoms with Gasteiger partial charge in [0.2, 0.25) is 0 Å². The van der Waals surface area contributed by atoms with Crippen molar-refractivity contribution in [3.63, 3.8) is 0 Å². The lowest BCUT2D eigenvalue weighted by Crippen LogP contribution is -2.22. The number of furan rings is 1. The highest BCUT2D eigenvalue weighted by Crippen LogP contribution is 2.14. The van der Waals surface area contributed by atoms with Crippen LogP contribution in [0.15, 0.2) is 16.7 Å². The summed E-state index contributed by atoms with van der Waals surface area (Å²) in [7, 11) is 2.11. The Labute approximate surface area is 78.3 Å². The molecule has 0 amide bonds. The van der Waals surface area contributed by atoms with Gasteiger partial charge in [-0.1, -0.05) is 0 Å². The fourth-order valence-electron chi connectivity index (χ4n) is 1.45. The number of ether oxygens (including phenoxy) is 1. The summed E-state index contributed by atoms with van der Waals surface area (Å²) in [5.41, 5.74) is 1.27. The van der Waals surface area contributed by atoms with Gasteiger partial charge in [0.15, 0.2) is 0 Å². The van der Waals surface area contributed by atoms with Gasteiger partial charge in [-0.2, -0.15) is 0 Å². The Balaban J connectivity index is 1.85. The maximum absolute atomic E-state index is 5.23. The van der Waals surface area contributed by atoms with Gasteiger partial charge in [0.1, 0.15) is 5.76 Å². The van der Waals surface area contributed by atoms with Crippen molar-refractivity contribution >= 4 is 0 Å². The third-order valence-electron chi connectivity index (χ3n) is 2.32. The first-order chi connectivity index (χ1) is 6.25. The van der Waals surface area contributed by atoms with E-state index in [2.05, 4.69) is 11.9 Å². The van der Waals surface area contributed by atoms with E-state index >= 15 is 0 Å². The number of aryl methyl sites for hydroxylation is 1. The van der Waals surface area contributed by atoms with Gasteiger partial charge < -0.3 is 9.15 Å². The summed E-state index contributed by atoms with van der Waals surface area (Å²) in [6, 6.07) is 2.03. The quantitative estimate of drug-likeness (QED) is 0.658. The maximum Gasteiger partial charge on any atom is 0.105 e. The van der Waals surface area contributed by atoms with Gasteiger partial charge in [-0.05, 0) is 20.0 Å². The highest BCUT2D eigenvalue weighted by Gasteiger charge is 2.24. The molecule has 1 aromatic rings. The molecule has 3 nitrogen and oxygen atoms in total. The zero-order valence-electron chi connectivity index (χ0n) is 8.12. The predicted octanol–water partition coefficient (Wildman–Crippen LogP) is 1.42. The summed E-state index contributed by atoms with van der Waals surface area (Å²) in [5, 5.41) is 0. The van der Waals surface area contributed by atoms with Gasteiger partial charge >= 0.3 is 0 Å². The summed E-state index contributed by atoms with van der Waals surface area (Å²) in [6.45, 7) is 4.89. The molecule has 1 aromatic heterocycles. The van der Waals surface area contributed by atoms with Crippen LogP contribution in [-0.4, -0.2) is 31.2 Å². The van der Waals surface area contributed by atoms with E-state index in [1.54, 1.807) is 6.26 Å². The molecule has 0 N–H and O–H groups in total. The minimum atomic E-state index is 0.470. The van der Waals surface area contributed by atoms with Crippen molar-refractivity contribution in [3.05, 3.63) is 23.7 Å². The predicted molar refractivity (Wildman–Crippen MR) is 49.5 cm³/mol. The number of hydrogen-bond acceptors (Lipinski definition) is 3. The van der Waals surface area contributed by atoms with Crippen LogP contribution in [-0.2, 0) is 11.3 Å². The Morgan fingerprint density at radius 3 is 2.92 bits per heavy atom. The summed E-state index contributed by atoms with van der Waals surface area (Å²) < 4.78 is 10.4. The molecule has 1 saturated heterocycles. The SMILES string of the molecule is Cc1occc1CN(C)CC1CO1. The fourth-order valence-corrected chi connectivity index (χ4v) is 1.45. The molecule has 1 atom stereocenters. The third-order valence-corrected chi connectivity index (χ3v) is 2.32. The lowest BCUT2D eigenvalue weighted by atomic mass is 10.2. The lowest BCUT2D eigenvalue weighted by molar-refractivity contribution is 0.277. The van der Waals surface area contributed by atoms with E-state index in [1.165, 1.54) is 5.56 Å². The lowest BCUT2D eigenvalue weighted by Gasteiger charge is -2.13. The first-order valence-corrected chi connectivity index (χ1v) is 4.59. The standard InChI is InChI=1S/C10H15NO2/c1-8-9(3-4-12-8)5-11(2)6-10-7-13-10/h3-4,10H,5-7H2,1-2H3. The molecular weight excluding hydrogens is 166 g/mol. The second-order valence-electron chi connectivity index (χ2n) is 3.65. The molecule has 2 heterocycles. The first kappa shape index (κ1) is 8.78. The summed E-state index contributed by atoms with van der Waals surface area (Å²) in [5.74, 6) is 1.02. The Morgan fingerprint density at radius 2 is 2.38 bits per heavy atom. The number of nitrogens with zero attached hydrogens (tertiary/aromatic N) is 1. The van der Waals surface area contributed by atoms with Gasteiger partial charge in [-0.3, -0.25) is 4.90 Å². The smallest absolute Gasteiger partial charge is 0.105 e. The Kier molecular flexibility index (Phi) is 2.38. The van der Waals surface area contributed by atoms with E-state index in [1.807, 2.05) is 13.0 Å². The molecule has 3 heteroatoms. The van der Waals surface area contributed by atoms with E-state index < -0.39 is 0 Å². The highest BCUT2D eigenvalue weighted by atomic mass is 16.6. The van der Waals surface area contributed by atoms with Gasteiger partial charge in [-0.25, -0.2) is 0 Å². The van der Waals surface area contributed by atoms with Crippen LogP contribution in [0.5, 0.6) is 0 Å². The Hall–Kier alpha value is -0.800. The Morgan fingerprint density at radius 1 is 1.62 bits per heavy atom. The average Bonchev–Trinajstić information content (AvgIpc) is 2.79. The molecule has 0 radical (unpaired) electrons. The molecule has 0 aromatic carbocycles. The second-order valence-corrected chi connectivity index (χ2v) is 3.65. The summed E-state index contributed by atoms with van der Waals surface area (Å²) in [6.07, 6.45) is 2.21. The van der Waals surface area contributed by atoms with Crippen molar-refractivity contribution in [1.29, 1.82) is 0 Å². The summed E-state index contributed by atoms with van der Waals surface area (Å²) >= 11 is 0. The van der Waals surface area contributed by atoms with Crippen molar-refractivity contribution in [2.75, 3.05) is 20.2 Å². The molecule has 72 valence electrons. The van der Waals surface area contributed by atoms with Crippen molar-refractivity contribution in [3.8, 4) is 0 Å². The number of epoxide rings is 1. The minimum Gasteiger partial charge on any atom is -0.469 e. The van der Waals surface area contributed by atoms with Gasteiger partial charge in [0.05, 0.1) is 19.0 Å². The molecule has 1 aliphatic rings. The topological polar surface area (TPSA) is 28.9 Å². The first-order valence-electron chi connectivity index (χ1n) is 4.59. The number of hydrogen-bond donors (Lipinski definition) is 0. The minimum absolute atomic E-state index is 0.470. The van der Waals surface area contributed by atoms with Crippen LogP contribution in [0.25, 0.3) is 0 Å².